The zero-order valence-corrected chi connectivity index (χ0v) is 88.1. The molecule has 1 amide bonds. The number of aromatic nitrogens is 15. The Hall–Kier alpha value is -2.56. The molecule has 29 nitrogen and oxygen atoms in total. The van der Waals surface area contributed by atoms with E-state index in [9.17, 15) is 19.5 Å². The Morgan fingerprint density at radius 1 is 0.661 bits per heavy atom. The van der Waals surface area contributed by atoms with Crippen molar-refractivity contribution in [2.75, 3.05) is 69.0 Å². The first kappa shape index (κ1) is 126. The summed E-state index contributed by atoms with van der Waals surface area (Å²) in [4.78, 5) is 50.7. The fourth-order valence-electron chi connectivity index (χ4n) is 10.7. The molecule has 10 aromatic rings. The molecule has 2 aliphatic heterocycles. The van der Waals surface area contributed by atoms with Crippen molar-refractivity contribution >= 4 is 119 Å². The normalized spacial score (nSPS) is 11.4. The molecular weight excluding hydrogens is 1880 g/mol. The van der Waals surface area contributed by atoms with Crippen LogP contribution in [0.2, 0.25) is 0 Å². The Bertz CT molecular complexity index is 4240. The largest absolute Gasteiger partial charge is 2.00 e. The number of H-pyrrole nitrogens is 2. The molecule has 2 atom stereocenters. The number of ketones is 2. The molecule has 12 heterocycles. The van der Waals surface area contributed by atoms with Crippen LogP contribution in [0.3, 0.4) is 0 Å². The number of carbonyl (C=O) groups is 4. The summed E-state index contributed by atoms with van der Waals surface area (Å²) in [5, 5.41) is 72.4. The summed E-state index contributed by atoms with van der Waals surface area (Å²) in [5.74, 6) is 3.90. The van der Waals surface area contributed by atoms with Crippen molar-refractivity contribution in [3.63, 3.8) is 0 Å². The van der Waals surface area contributed by atoms with Gasteiger partial charge < -0.3 is 85.0 Å². The number of aromatic amines is 2. The molecule has 2 unspecified atom stereocenters. The van der Waals surface area contributed by atoms with Gasteiger partial charge in [-0.15, -0.1) is 0 Å². The summed E-state index contributed by atoms with van der Waals surface area (Å²) in [6.45, 7) is 35.5. The number of Topliss-reactive ketones (excluding diaryl/α,β-unsaturated/α-hetero) is 2. The first-order valence-electron chi connectivity index (χ1n) is 34.2. The van der Waals surface area contributed by atoms with E-state index in [1.165, 1.54) is 50.9 Å². The van der Waals surface area contributed by atoms with E-state index >= 15 is 0 Å². The summed E-state index contributed by atoms with van der Waals surface area (Å²) in [6.07, 6.45) is 2.18. The molecule has 12 rings (SSSR count). The summed E-state index contributed by atoms with van der Waals surface area (Å²) < 4.78 is 26.5. The van der Waals surface area contributed by atoms with Gasteiger partial charge in [-0.25, -0.2) is 5.06 Å². The van der Waals surface area contributed by atoms with Crippen LogP contribution < -0.4 is 155 Å². The topological polar surface area (TPSA) is 351 Å². The number of aryl methyl sites for hydroxylation is 12. The number of nitrogens with zero attached hydrogens (tertiary/aromatic N) is 15. The predicted octanol–water partition coefficient (Wildman–Crippen LogP) is 1.19. The van der Waals surface area contributed by atoms with Gasteiger partial charge in [0.15, 0.2) is 40.7 Å². The van der Waals surface area contributed by atoms with E-state index in [4.69, 9.17) is 39.8 Å². The van der Waals surface area contributed by atoms with Gasteiger partial charge in [0.1, 0.15) is 17.1 Å². The third-order valence-electron chi connectivity index (χ3n) is 15.6. The number of halogens is 5. The zero-order valence-electron chi connectivity index (χ0n) is 72.5. The number of nitrogens with one attached hydrogen (secondary N) is 2. The molecule has 0 bridgehead atoms. The van der Waals surface area contributed by atoms with Crippen LogP contribution in [-0.2, 0) is 43.6 Å². The number of alkyl halides is 4. The van der Waals surface area contributed by atoms with E-state index in [0.29, 0.717) is 29.4 Å². The van der Waals surface area contributed by atoms with Crippen molar-refractivity contribution in [3.05, 3.63) is 184 Å². The van der Waals surface area contributed by atoms with Crippen molar-refractivity contribution in [2.24, 2.45) is 0 Å². The van der Waals surface area contributed by atoms with E-state index in [-0.39, 0.29) is 235 Å². The van der Waals surface area contributed by atoms with Crippen LogP contribution in [0.15, 0.2) is 91.0 Å². The van der Waals surface area contributed by atoms with E-state index in [1.54, 1.807) is 50.7 Å². The average Bonchev–Trinajstić information content (AvgIpc) is 1.66. The molecule has 2 aliphatic rings. The molecule has 0 aromatic carbocycles. The second kappa shape index (κ2) is 68.9. The van der Waals surface area contributed by atoms with E-state index in [2.05, 4.69) is 188 Å². The van der Waals surface area contributed by atoms with E-state index in [1.807, 2.05) is 104 Å². The van der Waals surface area contributed by atoms with Crippen molar-refractivity contribution in [3.8, 4) is 35.2 Å². The van der Waals surface area contributed by atoms with Gasteiger partial charge >= 0.3 is 155 Å². The first-order valence-corrected chi connectivity index (χ1v) is 38.7. The number of hydroxylamine groups is 2. The number of carbonyl (C=O) groups excluding carboxylic acids is 4. The van der Waals surface area contributed by atoms with Crippen molar-refractivity contribution in [2.45, 2.75) is 163 Å². The number of aliphatic hydroxyl groups excluding tert-OH is 3. The van der Waals surface area contributed by atoms with Crippen molar-refractivity contribution in [1.82, 2.24) is 77.6 Å². The molecule has 1 fully saturated rings. The van der Waals surface area contributed by atoms with Crippen LogP contribution in [0.5, 0.6) is 0 Å². The quantitative estimate of drug-likeness (QED) is 0.0172. The maximum atomic E-state index is 11.8. The van der Waals surface area contributed by atoms with Gasteiger partial charge in [0.05, 0.1) is 63.0 Å². The molecule has 115 heavy (non-hydrogen) atoms. The number of fused-ring (bicyclic) bond motifs is 1. The Morgan fingerprint density at radius 2 is 0.991 bits per heavy atom. The Kier molecular flexibility index (Phi) is 75.3. The Balaban J connectivity index is -0.000000164. The van der Waals surface area contributed by atoms with Gasteiger partial charge in [0, 0.05) is 172 Å². The van der Waals surface area contributed by atoms with Crippen LogP contribution in [-0.4, -0.2) is 217 Å². The van der Waals surface area contributed by atoms with Crippen molar-refractivity contribution < 1.29 is 211 Å². The molecule has 0 spiro atoms. The predicted molar refractivity (Wildman–Crippen MR) is 453 cm³/mol. The van der Waals surface area contributed by atoms with E-state index < -0.39 is 6.10 Å². The summed E-state index contributed by atoms with van der Waals surface area (Å²) in [6, 6.07) is 31.7. The fraction of sp³-hybridized carbons (Fsp3) is 0.461. The summed E-state index contributed by atoms with van der Waals surface area (Å²) in [5.41, 5.74) is 14.9. The average molecular weight is 1990 g/mol. The standard InChI is InChI=1S/C13H18BrN3O.C13H16BrN3O.C13H17N3O.C12H16N4O2.C11H13N3O.C4H8O.C2H4Br2.C2H3N.C2H6O.CH2O3.CH4O.CH4.CH3.B.BrH.2K.Mg.Na.2H/c2*1-9-4-5-10(2)17(9)13-8-12(11(3)18)16(15-13)7-6-14;1-9-4-5-10(2)16(9)13-8-12-11(3)17-7-6-15(12)14-13;1-8-5-6-9(2)16(8)11-7-10(13-14-11)12(17)15(3)18-4;1-7-4-5-8(2)14(7)11-6-10(9(3)15)12-13-11;1-2-4-5-3-1;3-1-2-4;2*1-2-3;2-1-4-3;1-2;;;;;;;;;;/h4-5,8,11,18H,6-7H2,1-3H3;4-5,8H,6-7H2,1-3H3;4-5,8,11H,6-7H2,1-3H3;5-7H,1-4H3,(H,13,14);4-6H,1-3H3,(H,12,13);1-4H2;1-2H2;1H3;3H,2H2,1H3;1,3H;2H,1H3;1H4;1H3;;1H;;;;;;/q;;;;;;;;;;;;-1;;;2*+1;+2;+1;2*-1/p-2. The van der Waals surface area contributed by atoms with Crippen LogP contribution in [0.4, 0.5) is 0 Å². The minimum Gasteiger partial charge on any atom is -1.00 e. The smallest absolute Gasteiger partial charge is 1.00 e. The second-order valence-electron chi connectivity index (χ2n) is 23.5. The molecule has 3 radical (unpaired) electrons. The second-order valence-corrected chi connectivity index (χ2v) is 26.7. The molecule has 39 heteroatoms. The number of nitriles is 1. The Morgan fingerprint density at radius 3 is 1.29 bits per heavy atom. The van der Waals surface area contributed by atoms with Gasteiger partial charge in [-0.2, -0.15) is 30.8 Å². The minimum atomic E-state index is -0.513. The zero-order chi connectivity index (χ0) is 80.6. The maximum Gasteiger partial charge on any atom is 2.00 e. The Labute approximate surface area is 852 Å². The third kappa shape index (κ3) is 40.5. The van der Waals surface area contributed by atoms with Gasteiger partial charge in [0.25, 0.3) is 12.4 Å². The molecule has 5 N–H and O–H groups in total. The molecular formula is C76H115BBr5K2MgN17NaO12. The van der Waals surface area contributed by atoms with Crippen LogP contribution in [0, 0.1) is 88.0 Å². The number of aliphatic hydroxyl groups is 3. The van der Waals surface area contributed by atoms with Gasteiger partial charge in [0.2, 0.25) is 0 Å². The minimum absolute atomic E-state index is 0. The molecule has 10 aromatic heterocycles. The monoisotopic (exact) mass is 1990 g/mol. The van der Waals surface area contributed by atoms with Crippen LogP contribution >= 0.6 is 63.7 Å². The number of hydrogen-bond donors (Lipinski definition) is 5. The maximum absolute atomic E-state index is 11.8. The van der Waals surface area contributed by atoms with Gasteiger partial charge in [-0.05, 0) is 164 Å². The number of hydrogen-bond acceptors (Lipinski definition) is 18. The van der Waals surface area contributed by atoms with Gasteiger partial charge in [-0.3, -0.25) is 48.3 Å². The van der Waals surface area contributed by atoms with Gasteiger partial charge in [-0.1, -0.05) is 71.1 Å². The summed E-state index contributed by atoms with van der Waals surface area (Å²) >= 11 is 13.2. The SMILES string of the molecule is BrCCBr.C.C1CCOC1.CC#N.CC(=O)c1cc(-n2c(C)ccc2C)n[nH]1.CC(=O)c1cc(-n2c(C)ccc2C)nn1CCBr.CCO.CO.CON(C)C(=O)c1cc(-n2c(C)ccc2C)n[nH]1.Cc1ccc(C)n1-c1cc(C(C)O)n(CCBr)n1.Cc1ccc(C)n1-c1cc2n(n1)CCOC2C.O=CO[O-].[B].[Br-].[CH3-].[H-].[H-].[K+].[K+].[Mg+2].[Na+]. The molecule has 619 valence electrons. The number of amides is 1. The molecule has 0 saturated carbocycles. The number of rotatable bonds is 16. The van der Waals surface area contributed by atoms with Crippen LogP contribution in [0.25, 0.3) is 29.1 Å². The fourth-order valence-corrected chi connectivity index (χ4v) is 11.3. The number of ether oxygens (including phenoxy) is 2. The van der Waals surface area contributed by atoms with Crippen molar-refractivity contribution in [1.29, 1.82) is 5.26 Å². The molecule has 0 aliphatic carbocycles. The van der Waals surface area contributed by atoms with Crippen LogP contribution in [0.1, 0.15) is 177 Å². The van der Waals surface area contributed by atoms with E-state index in [0.717, 1.165) is 141 Å². The summed E-state index contributed by atoms with van der Waals surface area (Å²) in [7, 11) is 3.99. The third-order valence-corrected chi connectivity index (χ3v) is 18.1. The molecule has 1 saturated heterocycles. The first-order chi connectivity index (χ1) is 51.0.